The van der Waals surface area contributed by atoms with Crippen LogP contribution in [0.15, 0.2) is 58.3 Å². The molecule has 0 radical (unpaired) electrons. The molecule has 0 aromatic heterocycles. The molecule has 0 heterocycles. The predicted octanol–water partition coefficient (Wildman–Crippen LogP) is 2.38. The molecule has 2 aromatic rings. The second kappa shape index (κ2) is 9.49. The molecular weight excluding hydrogens is 392 g/mol. The molecule has 2 aromatic carbocycles. The van der Waals surface area contributed by atoms with Crippen molar-refractivity contribution in [3.63, 3.8) is 0 Å². The van der Waals surface area contributed by atoms with Crippen LogP contribution in [0.25, 0.3) is 0 Å². The van der Waals surface area contributed by atoms with Crippen molar-refractivity contribution in [2.75, 3.05) is 19.4 Å². The van der Waals surface area contributed by atoms with Crippen molar-refractivity contribution in [3.05, 3.63) is 64.2 Å². The van der Waals surface area contributed by atoms with Crippen LogP contribution in [0.5, 0.6) is 0 Å². The van der Waals surface area contributed by atoms with Crippen molar-refractivity contribution < 1.29 is 22.9 Å². The van der Waals surface area contributed by atoms with E-state index in [-0.39, 0.29) is 29.5 Å². The number of nitrogens with zero attached hydrogens (tertiary/aromatic N) is 1. The maximum Gasteiger partial charge on any atom is 0.309 e. The molecule has 0 saturated carbocycles. The quantitative estimate of drug-likeness (QED) is 0.222. The molecule has 0 bridgehead atoms. The zero-order chi connectivity index (χ0) is 19.9. The Hall–Kier alpha value is -2.43. The minimum atomic E-state index is -3.72. The van der Waals surface area contributed by atoms with Crippen LogP contribution in [-0.2, 0) is 26.0 Å². The minimum Gasteiger partial charge on any atom is -0.469 e. The van der Waals surface area contributed by atoms with Gasteiger partial charge in [0, 0.05) is 29.3 Å². The summed E-state index contributed by atoms with van der Waals surface area (Å²) in [5.41, 5.74) is 0.672. The summed E-state index contributed by atoms with van der Waals surface area (Å²) in [6, 6.07) is 12.1. The lowest BCUT2D eigenvalue weighted by Crippen LogP contribution is -2.26. The molecule has 10 heteroatoms. The maximum absolute atomic E-state index is 12.2. The molecule has 0 unspecified atom stereocenters. The van der Waals surface area contributed by atoms with E-state index < -0.39 is 14.9 Å². The first-order chi connectivity index (χ1) is 12.8. The number of hydrogen-bond acceptors (Lipinski definition) is 7. The highest BCUT2D eigenvalue weighted by Gasteiger charge is 2.15. The average Bonchev–Trinajstić information content (AvgIpc) is 2.66. The Morgan fingerprint density at radius 1 is 1.15 bits per heavy atom. The van der Waals surface area contributed by atoms with Crippen molar-refractivity contribution in [2.24, 2.45) is 0 Å². The van der Waals surface area contributed by atoms with Crippen LogP contribution in [0.1, 0.15) is 5.56 Å². The molecule has 0 spiro atoms. The fraction of sp³-hybridized carbons (Fsp3) is 0.235. The summed E-state index contributed by atoms with van der Waals surface area (Å²) in [6.45, 7) is 0.202. The van der Waals surface area contributed by atoms with E-state index in [1.165, 1.54) is 31.0 Å². The summed E-state index contributed by atoms with van der Waals surface area (Å²) >= 11 is 1.46. The first-order valence-corrected chi connectivity index (χ1v) is 10.3. The molecule has 27 heavy (non-hydrogen) atoms. The molecular formula is C17H18N2O6S2. The Bertz CT molecular complexity index is 896. The van der Waals surface area contributed by atoms with E-state index in [1.807, 2.05) is 24.3 Å². The third-order valence-electron chi connectivity index (χ3n) is 3.52. The lowest BCUT2D eigenvalue weighted by Gasteiger charge is -2.07. The van der Waals surface area contributed by atoms with Gasteiger partial charge in [-0.25, -0.2) is 13.1 Å². The third kappa shape index (κ3) is 6.35. The summed E-state index contributed by atoms with van der Waals surface area (Å²) in [6.07, 6.45) is 0.205. The highest BCUT2D eigenvalue weighted by Crippen LogP contribution is 2.19. The normalized spacial score (nSPS) is 11.1. The van der Waals surface area contributed by atoms with Crippen LogP contribution in [0.3, 0.4) is 0 Å². The molecule has 144 valence electrons. The van der Waals surface area contributed by atoms with E-state index in [2.05, 4.69) is 9.46 Å². The van der Waals surface area contributed by atoms with Crippen LogP contribution in [-0.4, -0.2) is 38.7 Å². The molecule has 0 atom stereocenters. The zero-order valence-electron chi connectivity index (χ0n) is 14.5. The number of nitro groups is 1. The number of thioether (sulfide) groups is 1. The number of nitro benzene ring substituents is 1. The zero-order valence-corrected chi connectivity index (χ0v) is 16.1. The number of methoxy groups -OCH3 is 1. The lowest BCUT2D eigenvalue weighted by molar-refractivity contribution is -0.384. The number of rotatable bonds is 9. The number of benzene rings is 2. The van der Waals surface area contributed by atoms with E-state index >= 15 is 0 Å². The standard InChI is InChI=1S/C17H18N2O6S2/c1-25-17(20)12-13-2-6-15(7-3-13)26-11-10-18-27(23,24)16-8-4-14(5-9-16)19(21)22/h2-9,18H,10-12H2,1H3. The van der Waals surface area contributed by atoms with Gasteiger partial charge in [0.05, 0.1) is 23.3 Å². The fourth-order valence-electron chi connectivity index (χ4n) is 2.12. The largest absolute Gasteiger partial charge is 0.469 e. The number of carbonyl (C=O) groups excluding carboxylic acids is 1. The van der Waals surface area contributed by atoms with Gasteiger partial charge in [-0.05, 0) is 29.8 Å². The third-order valence-corrected chi connectivity index (χ3v) is 6.01. The molecule has 0 aliphatic heterocycles. The number of nitrogens with one attached hydrogen (secondary N) is 1. The molecule has 0 aliphatic rings. The van der Waals surface area contributed by atoms with Crippen molar-refractivity contribution in [2.45, 2.75) is 16.2 Å². The highest BCUT2D eigenvalue weighted by molar-refractivity contribution is 7.99. The Balaban J connectivity index is 1.83. The van der Waals surface area contributed by atoms with Gasteiger partial charge >= 0.3 is 5.97 Å². The first-order valence-electron chi connectivity index (χ1n) is 7.84. The number of non-ortho nitro benzene ring substituents is 1. The van der Waals surface area contributed by atoms with Gasteiger partial charge in [-0.15, -0.1) is 11.8 Å². The molecule has 1 N–H and O–H groups in total. The SMILES string of the molecule is COC(=O)Cc1ccc(SCCNS(=O)(=O)c2ccc([N+](=O)[O-])cc2)cc1. The van der Waals surface area contributed by atoms with Crippen LogP contribution < -0.4 is 4.72 Å². The van der Waals surface area contributed by atoms with Crippen LogP contribution >= 0.6 is 11.8 Å². The van der Waals surface area contributed by atoms with Gasteiger partial charge in [-0.3, -0.25) is 14.9 Å². The smallest absolute Gasteiger partial charge is 0.309 e. The molecule has 2 rings (SSSR count). The average molecular weight is 410 g/mol. The Kier molecular flexibility index (Phi) is 7.34. The van der Waals surface area contributed by atoms with Gasteiger partial charge in [-0.2, -0.15) is 0 Å². The molecule has 0 saturated heterocycles. The van der Waals surface area contributed by atoms with Crippen molar-refractivity contribution in [3.8, 4) is 0 Å². The van der Waals surface area contributed by atoms with Gasteiger partial charge in [0.2, 0.25) is 10.0 Å². The summed E-state index contributed by atoms with van der Waals surface area (Å²) in [7, 11) is -2.38. The summed E-state index contributed by atoms with van der Waals surface area (Å²) in [4.78, 5) is 22.2. The van der Waals surface area contributed by atoms with E-state index in [0.717, 1.165) is 22.6 Å². The second-order valence-corrected chi connectivity index (χ2v) is 8.33. The summed E-state index contributed by atoms with van der Waals surface area (Å²) in [5, 5.41) is 10.6. The Morgan fingerprint density at radius 2 is 1.78 bits per heavy atom. The van der Waals surface area contributed by atoms with Gasteiger partial charge in [-0.1, -0.05) is 12.1 Å². The van der Waals surface area contributed by atoms with E-state index in [9.17, 15) is 23.3 Å². The van der Waals surface area contributed by atoms with Crippen molar-refractivity contribution in [1.29, 1.82) is 0 Å². The van der Waals surface area contributed by atoms with Gasteiger partial charge in [0.25, 0.3) is 5.69 Å². The highest BCUT2D eigenvalue weighted by atomic mass is 32.2. The first kappa shape index (κ1) is 20.9. The molecule has 8 nitrogen and oxygen atoms in total. The Labute approximate surface area is 161 Å². The second-order valence-electron chi connectivity index (χ2n) is 5.39. The fourth-order valence-corrected chi connectivity index (χ4v) is 4.05. The van der Waals surface area contributed by atoms with E-state index in [4.69, 9.17) is 0 Å². The Morgan fingerprint density at radius 3 is 2.33 bits per heavy atom. The maximum atomic E-state index is 12.2. The monoisotopic (exact) mass is 410 g/mol. The van der Waals surface area contributed by atoms with Crippen LogP contribution in [0, 0.1) is 10.1 Å². The minimum absolute atomic E-state index is 0.0229. The van der Waals surface area contributed by atoms with E-state index in [0.29, 0.717) is 5.75 Å². The van der Waals surface area contributed by atoms with Gasteiger partial charge in [0.15, 0.2) is 0 Å². The van der Waals surface area contributed by atoms with Crippen molar-refractivity contribution in [1.82, 2.24) is 4.72 Å². The van der Waals surface area contributed by atoms with Gasteiger partial charge in [0.1, 0.15) is 0 Å². The molecule has 0 fully saturated rings. The van der Waals surface area contributed by atoms with Gasteiger partial charge < -0.3 is 4.74 Å². The van der Waals surface area contributed by atoms with Crippen LogP contribution in [0.2, 0.25) is 0 Å². The topological polar surface area (TPSA) is 116 Å². The summed E-state index contributed by atoms with van der Waals surface area (Å²) in [5.74, 6) is 0.193. The predicted molar refractivity (Wildman–Crippen MR) is 101 cm³/mol. The number of ether oxygens (including phenoxy) is 1. The summed E-state index contributed by atoms with van der Waals surface area (Å²) < 4.78 is 31.4. The number of hydrogen-bond donors (Lipinski definition) is 1. The number of esters is 1. The number of sulfonamides is 1. The lowest BCUT2D eigenvalue weighted by atomic mass is 10.2. The van der Waals surface area contributed by atoms with E-state index in [1.54, 1.807) is 0 Å². The molecule has 0 aliphatic carbocycles. The van der Waals surface area contributed by atoms with Crippen molar-refractivity contribution >= 4 is 33.4 Å². The van der Waals surface area contributed by atoms with Crippen LogP contribution in [0.4, 0.5) is 5.69 Å². The number of carbonyl (C=O) groups is 1. The molecule has 0 amide bonds.